The summed E-state index contributed by atoms with van der Waals surface area (Å²) in [7, 11) is 4.04. The summed E-state index contributed by atoms with van der Waals surface area (Å²) in [5, 5.41) is 3.38. The maximum Gasteiger partial charge on any atom is 0.286 e. The molecule has 0 unspecified atom stereocenters. The van der Waals surface area contributed by atoms with Crippen molar-refractivity contribution in [3.05, 3.63) is 77.2 Å². The molecule has 2 aliphatic heterocycles. The third-order valence-electron chi connectivity index (χ3n) is 5.97. The van der Waals surface area contributed by atoms with Gasteiger partial charge in [0, 0.05) is 57.0 Å². The summed E-state index contributed by atoms with van der Waals surface area (Å²) in [4.78, 5) is 24.3. The minimum Gasteiger partial charge on any atom is -0.378 e. The Hall–Kier alpha value is -3.25. The van der Waals surface area contributed by atoms with Crippen molar-refractivity contribution in [2.24, 2.45) is 4.99 Å². The highest BCUT2D eigenvalue weighted by Crippen LogP contribution is 2.32. The van der Waals surface area contributed by atoms with Crippen LogP contribution in [-0.4, -0.2) is 56.2 Å². The average Bonchev–Trinajstić information content (AvgIpc) is 3.19. The Morgan fingerprint density at radius 2 is 1.56 bits per heavy atom. The van der Waals surface area contributed by atoms with Crippen molar-refractivity contribution < 1.29 is 4.79 Å². The van der Waals surface area contributed by atoms with E-state index in [9.17, 15) is 4.79 Å². The van der Waals surface area contributed by atoms with Gasteiger partial charge in [0.15, 0.2) is 5.17 Å². The first-order chi connectivity index (χ1) is 15.6. The van der Waals surface area contributed by atoms with Gasteiger partial charge in [0.25, 0.3) is 5.91 Å². The van der Waals surface area contributed by atoms with Crippen LogP contribution in [0, 0.1) is 0 Å². The normalized spacial score (nSPS) is 17.9. The summed E-state index contributed by atoms with van der Waals surface area (Å²) in [5.41, 5.74) is 3.43. The van der Waals surface area contributed by atoms with Gasteiger partial charge < -0.3 is 14.7 Å². The number of aliphatic imine (C=N–C) groups is 1. The number of amides is 1. The van der Waals surface area contributed by atoms with Gasteiger partial charge in [-0.15, -0.1) is 0 Å². The van der Waals surface area contributed by atoms with Crippen molar-refractivity contribution in [1.29, 1.82) is 0 Å². The Kier molecular flexibility index (Phi) is 5.62. The van der Waals surface area contributed by atoms with Gasteiger partial charge >= 0.3 is 0 Å². The van der Waals surface area contributed by atoms with Gasteiger partial charge in [-0.25, -0.2) is 0 Å². The van der Waals surface area contributed by atoms with E-state index in [0.717, 1.165) is 42.6 Å². The molecule has 3 aromatic carbocycles. The highest BCUT2D eigenvalue weighted by molar-refractivity contribution is 8.18. The molecule has 2 heterocycles. The monoisotopic (exact) mass is 442 g/mol. The van der Waals surface area contributed by atoms with Gasteiger partial charge in [0.2, 0.25) is 0 Å². The van der Waals surface area contributed by atoms with Crippen molar-refractivity contribution in [1.82, 2.24) is 4.90 Å². The van der Waals surface area contributed by atoms with E-state index in [-0.39, 0.29) is 5.91 Å². The van der Waals surface area contributed by atoms with Crippen LogP contribution >= 0.6 is 11.8 Å². The number of hydrogen-bond acceptors (Lipinski definition) is 5. The second-order valence-corrected chi connectivity index (χ2v) is 9.28. The van der Waals surface area contributed by atoms with Gasteiger partial charge in [-0.05, 0) is 47.0 Å². The number of benzene rings is 3. The SMILES string of the molecule is CN(C)c1ccc(/C=C2\SC(N3CCN(c4cccc5ccccc45)CC3)=NC2=O)cc1. The van der Waals surface area contributed by atoms with Crippen molar-refractivity contribution >= 4 is 51.1 Å². The van der Waals surface area contributed by atoms with Gasteiger partial charge in [-0.1, -0.05) is 48.5 Å². The number of hydrogen-bond donors (Lipinski definition) is 0. The molecule has 1 amide bonds. The van der Waals surface area contributed by atoms with Gasteiger partial charge in [0.05, 0.1) is 4.91 Å². The molecule has 0 aromatic heterocycles. The molecule has 5 nitrogen and oxygen atoms in total. The first kappa shape index (κ1) is 20.6. The topological polar surface area (TPSA) is 39.1 Å². The van der Waals surface area contributed by atoms with Crippen LogP contribution < -0.4 is 9.80 Å². The molecule has 0 N–H and O–H groups in total. The molecule has 5 rings (SSSR count). The molecule has 2 aliphatic rings. The zero-order chi connectivity index (χ0) is 22.1. The molecular weight excluding hydrogens is 416 g/mol. The Balaban J connectivity index is 1.25. The smallest absolute Gasteiger partial charge is 0.286 e. The summed E-state index contributed by atoms with van der Waals surface area (Å²) in [6.45, 7) is 3.53. The number of amidine groups is 1. The first-order valence-electron chi connectivity index (χ1n) is 10.9. The van der Waals surface area contributed by atoms with Crippen LogP contribution in [0.5, 0.6) is 0 Å². The standard InChI is InChI=1S/C26H26N4OS/c1-28(2)21-12-10-19(11-13-21)18-24-25(31)27-26(32-24)30-16-14-29(15-17-30)23-9-5-7-20-6-3-4-8-22(20)23/h3-13,18H,14-17H2,1-2H3/b24-18-. The molecule has 0 saturated carbocycles. The predicted molar refractivity (Wildman–Crippen MR) is 137 cm³/mol. The molecule has 0 radical (unpaired) electrons. The lowest BCUT2D eigenvalue weighted by molar-refractivity contribution is -0.113. The highest BCUT2D eigenvalue weighted by Gasteiger charge is 2.28. The van der Waals surface area contributed by atoms with Crippen LogP contribution in [0.25, 0.3) is 16.8 Å². The van der Waals surface area contributed by atoms with Crippen molar-refractivity contribution in [3.8, 4) is 0 Å². The largest absolute Gasteiger partial charge is 0.378 e. The van der Waals surface area contributed by atoms with Gasteiger partial charge in [0.1, 0.15) is 0 Å². The van der Waals surface area contributed by atoms with E-state index in [4.69, 9.17) is 0 Å². The van der Waals surface area contributed by atoms with E-state index in [0.29, 0.717) is 4.91 Å². The number of fused-ring (bicyclic) bond motifs is 1. The fourth-order valence-corrected chi connectivity index (χ4v) is 5.14. The Morgan fingerprint density at radius 3 is 2.31 bits per heavy atom. The molecule has 32 heavy (non-hydrogen) atoms. The number of carbonyl (C=O) groups excluding carboxylic acids is 1. The fraction of sp³-hybridized carbons (Fsp3) is 0.231. The predicted octanol–water partition coefficient (Wildman–Crippen LogP) is 4.70. The molecule has 6 heteroatoms. The summed E-state index contributed by atoms with van der Waals surface area (Å²) < 4.78 is 0. The molecule has 0 atom stereocenters. The van der Waals surface area contributed by atoms with E-state index in [1.165, 1.54) is 28.2 Å². The van der Waals surface area contributed by atoms with Crippen LogP contribution in [-0.2, 0) is 4.79 Å². The molecule has 0 bridgehead atoms. The van der Waals surface area contributed by atoms with Gasteiger partial charge in [-0.3, -0.25) is 4.79 Å². The second kappa shape index (κ2) is 8.71. The van der Waals surface area contributed by atoms with E-state index < -0.39 is 0 Å². The maximum absolute atomic E-state index is 12.5. The Morgan fingerprint density at radius 1 is 0.875 bits per heavy atom. The number of carbonyl (C=O) groups is 1. The summed E-state index contributed by atoms with van der Waals surface area (Å²) in [6.07, 6.45) is 1.94. The molecule has 0 aliphatic carbocycles. The second-order valence-electron chi connectivity index (χ2n) is 8.27. The Bertz CT molecular complexity index is 1200. The van der Waals surface area contributed by atoms with E-state index >= 15 is 0 Å². The quantitative estimate of drug-likeness (QED) is 0.550. The number of rotatable bonds is 3. The number of thioether (sulfide) groups is 1. The number of piperazine rings is 1. The van der Waals surface area contributed by atoms with Crippen molar-refractivity contribution in [2.75, 3.05) is 50.1 Å². The summed E-state index contributed by atoms with van der Waals surface area (Å²) >= 11 is 1.49. The zero-order valence-corrected chi connectivity index (χ0v) is 19.2. The molecule has 1 saturated heterocycles. The van der Waals surface area contributed by atoms with E-state index in [2.05, 4.69) is 74.3 Å². The van der Waals surface area contributed by atoms with Gasteiger partial charge in [-0.2, -0.15) is 4.99 Å². The van der Waals surface area contributed by atoms with Crippen LogP contribution in [0.2, 0.25) is 0 Å². The maximum atomic E-state index is 12.5. The van der Waals surface area contributed by atoms with E-state index in [1.807, 2.05) is 32.3 Å². The van der Waals surface area contributed by atoms with Crippen molar-refractivity contribution in [2.45, 2.75) is 0 Å². The lowest BCUT2D eigenvalue weighted by Crippen LogP contribution is -2.47. The molecule has 1 fully saturated rings. The number of nitrogens with zero attached hydrogens (tertiary/aromatic N) is 4. The molecule has 162 valence electrons. The first-order valence-corrected chi connectivity index (χ1v) is 11.7. The Labute approximate surface area is 193 Å². The number of anilines is 2. The minimum atomic E-state index is -0.141. The lowest BCUT2D eigenvalue weighted by Gasteiger charge is -2.37. The van der Waals surface area contributed by atoms with E-state index in [1.54, 1.807) is 0 Å². The van der Waals surface area contributed by atoms with Crippen LogP contribution in [0.4, 0.5) is 11.4 Å². The summed E-state index contributed by atoms with van der Waals surface area (Å²) in [6, 6.07) is 23.2. The van der Waals surface area contributed by atoms with Crippen LogP contribution in [0.1, 0.15) is 5.56 Å². The molecule has 0 spiro atoms. The third kappa shape index (κ3) is 4.10. The summed E-state index contributed by atoms with van der Waals surface area (Å²) in [5.74, 6) is -0.141. The van der Waals surface area contributed by atoms with Crippen molar-refractivity contribution in [3.63, 3.8) is 0 Å². The van der Waals surface area contributed by atoms with Crippen LogP contribution in [0.15, 0.2) is 76.6 Å². The molecular formula is C26H26N4OS. The third-order valence-corrected chi connectivity index (χ3v) is 7.02. The average molecular weight is 443 g/mol. The highest BCUT2D eigenvalue weighted by atomic mass is 32.2. The minimum absolute atomic E-state index is 0.141. The lowest BCUT2D eigenvalue weighted by atomic mass is 10.1. The zero-order valence-electron chi connectivity index (χ0n) is 18.4. The fourth-order valence-electron chi connectivity index (χ4n) is 4.18. The molecule has 3 aromatic rings. The van der Waals surface area contributed by atoms with Crippen LogP contribution in [0.3, 0.4) is 0 Å².